The summed E-state index contributed by atoms with van der Waals surface area (Å²) in [5, 5.41) is 19.2. The van der Waals surface area contributed by atoms with E-state index in [0.29, 0.717) is 24.1 Å². The topological polar surface area (TPSA) is 192 Å². The molecule has 7 N–H and O–H groups in total. The van der Waals surface area contributed by atoms with Crippen molar-refractivity contribution in [1.29, 1.82) is 0 Å². The second kappa shape index (κ2) is 18.4. The third-order valence-electron chi connectivity index (χ3n) is 5.40. The molecule has 0 bridgehead atoms. The Morgan fingerprint density at radius 2 is 1.74 bits per heavy atom. The number of anilines is 1. The highest BCUT2D eigenvalue weighted by Crippen LogP contribution is 2.12. The van der Waals surface area contributed by atoms with Crippen molar-refractivity contribution in [3.05, 3.63) is 29.8 Å². The number of carbonyl (C=O) groups is 5. The standard InChI is InChI=1S/C25H40N6O7/c1-3-4-5-8-21(33)28-16-22(34)30-20(7-6-13-27-24(26)36)23(35)29-19-11-9-18(10-12-19)17-38-25(37)31(2)14-15-32/h9-12,20,32H,3-8,13-17H2,1-2H3,(H,28,33)(H,29,35)(H,30,34)(H3,26,27,36)/t20-/m0/s1. The van der Waals surface area contributed by atoms with Crippen molar-refractivity contribution in [3.63, 3.8) is 0 Å². The first-order valence-corrected chi connectivity index (χ1v) is 12.6. The lowest BCUT2D eigenvalue weighted by Gasteiger charge is -2.19. The lowest BCUT2D eigenvalue weighted by Crippen LogP contribution is -2.47. The van der Waals surface area contributed by atoms with Crippen LogP contribution >= 0.6 is 0 Å². The summed E-state index contributed by atoms with van der Waals surface area (Å²) in [4.78, 5) is 61.1. The summed E-state index contributed by atoms with van der Waals surface area (Å²) in [5.41, 5.74) is 6.21. The van der Waals surface area contributed by atoms with Gasteiger partial charge >= 0.3 is 12.1 Å². The van der Waals surface area contributed by atoms with Gasteiger partial charge in [0, 0.05) is 32.2 Å². The molecule has 0 aromatic heterocycles. The zero-order valence-corrected chi connectivity index (χ0v) is 22.1. The Hall–Kier alpha value is -3.87. The van der Waals surface area contributed by atoms with Crippen LogP contribution in [0, 0.1) is 0 Å². The summed E-state index contributed by atoms with van der Waals surface area (Å²) in [5.74, 6) is -1.22. The minimum Gasteiger partial charge on any atom is -0.445 e. The van der Waals surface area contributed by atoms with Gasteiger partial charge in [-0.25, -0.2) is 9.59 Å². The number of unbranched alkanes of at least 4 members (excludes halogenated alkanes) is 2. The van der Waals surface area contributed by atoms with Crippen molar-refractivity contribution in [2.24, 2.45) is 5.73 Å². The number of ether oxygens (including phenoxy) is 1. The number of nitrogens with one attached hydrogen (secondary N) is 4. The van der Waals surface area contributed by atoms with Crippen LogP contribution in [0.15, 0.2) is 24.3 Å². The molecule has 0 aliphatic carbocycles. The van der Waals surface area contributed by atoms with Crippen LogP contribution in [0.2, 0.25) is 0 Å². The average molecular weight is 537 g/mol. The van der Waals surface area contributed by atoms with E-state index in [1.807, 2.05) is 6.92 Å². The number of aliphatic hydroxyl groups is 1. The van der Waals surface area contributed by atoms with Crippen LogP contribution in [-0.4, -0.2) is 79.2 Å². The van der Waals surface area contributed by atoms with Gasteiger partial charge in [-0.3, -0.25) is 14.4 Å². The predicted octanol–water partition coefficient (Wildman–Crippen LogP) is 0.816. The molecule has 0 aliphatic rings. The molecule has 0 fully saturated rings. The third-order valence-corrected chi connectivity index (χ3v) is 5.40. The zero-order valence-electron chi connectivity index (χ0n) is 22.1. The minimum absolute atomic E-state index is 0.0124. The van der Waals surface area contributed by atoms with Gasteiger partial charge < -0.3 is 41.7 Å². The maximum atomic E-state index is 12.9. The number of rotatable bonds is 17. The summed E-state index contributed by atoms with van der Waals surface area (Å²) in [6, 6.07) is 5.00. The number of nitrogens with zero attached hydrogens (tertiary/aromatic N) is 1. The number of hydrogen-bond donors (Lipinski definition) is 6. The molecule has 13 nitrogen and oxygen atoms in total. The number of nitrogens with two attached hydrogens (primary N) is 1. The number of amides is 6. The Kier molecular flexibility index (Phi) is 15.6. The summed E-state index contributed by atoms with van der Waals surface area (Å²) in [7, 11) is 1.51. The number of urea groups is 1. The Bertz CT molecular complexity index is 910. The fourth-order valence-corrected chi connectivity index (χ4v) is 3.24. The molecule has 0 saturated carbocycles. The molecule has 6 amide bonds. The Morgan fingerprint density at radius 3 is 2.37 bits per heavy atom. The molecule has 0 saturated heterocycles. The van der Waals surface area contributed by atoms with Crippen LogP contribution in [0.3, 0.4) is 0 Å². The molecule has 0 spiro atoms. The third kappa shape index (κ3) is 14.0. The fourth-order valence-electron chi connectivity index (χ4n) is 3.24. The Labute approximate surface area is 222 Å². The van der Waals surface area contributed by atoms with Crippen molar-refractivity contribution in [1.82, 2.24) is 20.9 Å². The Morgan fingerprint density at radius 1 is 1.03 bits per heavy atom. The van der Waals surface area contributed by atoms with Crippen molar-refractivity contribution < 1.29 is 33.8 Å². The maximum Gasteiger partial charge on any atom is 0.409 e. The maximum absolute atomic E-state index is 12.9. The zero-order chi connectivity index (χ0) is 28.3. The van der Waals surface area contributed by atoms with E-state index in [4.69, 9.17) is 15.6 Å². The monoisotopic (exact) mass is 536 g/mol. The summed E-state index contributed by atoms with van der Waals surface area (Å²) in [6.45, 7) is 2.00. The number of carbonyl (C=O) groups excluding carboxylic acids is 5. The highest BCUT2D eigenvalue weighted by molar-refractivity contribution is 5.97. The van der Waals surface area contributed by atoms with Gasteiger partial charge in [0.05, 0.1) is 13.2 Å². The molecule has 1 atom stereocenters. The van der Waals surface area contributed by atoms with Crippen LogP contribution in [0.5, 0.6) is 0 Å². The Balaban J connectivity index is 2.67. The number of benzene rings is 1. The average Bonchev–Trinajstić information content (AvgIpc) is 2.88. The molecule has 1 aromatic rings. The smallest absolute Gasteiger partial charge is 0.409 e. The highest BCUT2D eigenvalue weighted by atomic mass is 16.6. The van der Waals surface area contributed by atoms with E-state index in [1.54, 1.807) is 24.3 Å². The molecule has 0 heterocycles. The van der Waals surface area contributed by atoms with Gasteiger partial charge in [-0.15, -0.1) is 0 Å². The molecule has 13 heteroatoms. The van der Waals surface area contributed by atoms with E-state index in [2.05, 4.69) is 21.3 Å². The van der Waals surface area contributed by atoms with Gasteiger partial charge in [0.2, 0.25) is 17.7 Å². The lowest BCUT2D eigenvalue weighted by atomic mass is 10.1. The normalized spacial score (nSPS) is 11.1. The first-order valence-electron chi connectivity index (χ1n) is 12.6. The molecule has 212 valence electrons. The lowest BCUT2D eigenvalue weighted by molar-refractivity contribution is -0.128. The van der Waals surface area contributed by atoms with E-state index in [0.717, 1.165) is 19.3 Å². The van der Waals surface area contributed by atoms with Gasteiger partial charge in [-0.2, -0.15) is 0 Å². The number of aliphatic hydroxyl groups excluding tert-OH is 1. The minimum atomic E-state index is -0.920. The molecule has 0 aliphatic heterocycles. The second-order valence-electron chi connectivity index (χ2n) is 8.67. The van der Waals surface area contributed by atoms with Crippen molar-refractivity contribution in [3.8, 4) is 0 Å². The quantitative estimate of drug-likeness (QED) is 0.159. The van der Waals surface area contributed by atoms with E-state index >= 15 is 0 Å². The molecular weight excluding hydrogens is 496 g/mol. The SMILES string of the molecule is CCCCCC(=O)NCC(=O)N[C@@H](CCCNC(N)=O)C(=O)Nc1ccc(COC(=O)N(C)CCO)cc1. The van der Waals surface area contributed by atoms with Crippen LogP contribution in [-0.2, 0) is 25.7 Å². The molecule has 38 heavy (non-hydrogen) atoms. The number of hydrogen-bond acceptors (Lipinski definition) is 7. The van der Waals surface area contributed by atoms with Gasteiger partial charge in [0.25, 0.3) is 0 Å². The van der Waals surface area contributed by atoms with E-state index < -0.39 is 30.0 Å². The summed E-state index contributed by atoms with van der Waals surface area (Å²) >= 11 is 0. The van der Waals surface area contributed by atoms with Gasteiger partial charge in [-0.05, 0) is 37.0 Å². The van der Waals surface area contributed by atoms with Crippen LogP contribution in [0.4, 0.5) is 15.3 Å². The molecule has 0 unspecified atom stereocenters. The van der Waals surface area contributed by atoms with Crippen LogP contribution < -0.4 is 27.0 Å². The van der Waals surface area contributed by atoms with Crippen LogP contribution in [0.1, 0.15) is 51.0 Å². The van der Waals surface area contributed by atoms with Gasteiger partial charge in [0.1, 0.15) is 12.6 Å². The molecule has 1 aromatic carbocycles. The second-order valence-corrected chi connectivity index (χ2v) is 8.67. The largest absolute Gasteiger partial charge is 0.445 e. The predicted molar refractivity (Wildman–Crippen MR) is 141 cm³/mol. The van der Waals surface area contributed by atoms with Gasteiger partial charge in [0.15, 0.2) is 0 Å². The van der Waals surface area contributed by atoms with E-state index in [9.17, 15) is 24.0 Å². The summed E-state index contributed by atoms with van der Waals surface area (Å²) in [6.07, 6.45) is 3.00. The number of primary amides is 1. The molecule has 0 radical (unpaired) electrons. The highest BCUT2D eigenvalue weighted by Gasteiger charge is 2.21. The molecule has 1 rings (SSSR count). The fraction of sp³-hybridized carbons (Fsp3) is 0.560. The van der Waals surface area contributed by atoms with Crippen LogP contribution in [0.25, 0.3) is 0 Å². The first-order chi connectivity index (χ1) is 18.2. The number of likely N-dealkylation sites (N-methyl/N-ethyl adjacent to an activating group) is 1. The first kappa shape index (κ1) is 32.2. The van der Waals surface area contributed by atoms with E-state index in [-0.39, 0.29) is 45.2 Å². The van der Waals surface area contributed by atoms with E-state index in [1.165, 1.54) is 11.9 Å². The van der Waals surface area contributed by atoms with Crippen molar-refractivity contribution >= 4 is 35.5 Å². The van der Waals surface area contributed by atoms with Crippen molar-refractivity contribution in [2.75, 3.05) is 38.6 Å². The van der Waals surface area contributed by atoms with Crippen molar-refractivity contribution in [2.45, 2.75) is 58.1 Å². The van der Waals surface area contributed by atoms with Gasteiger partial charge in [-0.1, -0.05) is 31.9 Å². The molecular formula is C25H40N6O7. The summed E-state index contributed by atoms with van der Waals surface area (Å²) < 4.78 is 5.16.